The van der Waals surface area contributed by atoms with Crippen LogP contribution in [0.3, 0.4) is 0 Å². The molecule has 0 saturated heterocycles. The molecule has 0 radical (unpaired) electrons. The first-order valence-corrected chi connectivity index (χ1v) is 19.0. The smallest absolute Gasteiger partial charge is 0.416 e. The van der Waals surface area contributed by atoms with Gasteiger partial charge in [0.2, 0.25) is 17.3 Å². The van der Waals surface area contributed by atoms with Crippen LogP contribution in [-0.2, 0) is 37.3 Å². The fourth-order valence-corrected chi connectivity index (χ4v) is 8.22. The van der Waals surface area contributed by atoms with Gasteiger partial charge in [-0.2, -0.15) is 47.6 Å². The third-order valence-corrected chi connectivity index (χ3v) is 11.2. The Morgan fingerprint density at radius 1 is 0.677 bits per heavy atom. The summed E-state index contributed by atoms with van der Waals surface area (Å²) in [5, 5.41) is 23.2. The lowest BCUT2D eigenvalue weighted by Gasteiger charge is -2.31. The minimum atomic E-state index is -6.07. The lowest BCUT2D eigenvalue weighted by atomic mass is 9.80. The van der Waals surface area contributed by atoms with Gasteiger partial charge in [0, 0.05) is 29.2 Å². The molecule has 0 bridgehead atoms. The number of methoxy groups -OCH3 is 1. The molecule has 0 amide bonds. The maximum atomic E-state index is 16.6. The summed E-state index contributed by atoms with van der Waals surface area (Å²) in [6.07, 6.45) is -10.5. The number of hydrogen-bond donors (Lipinski definition) is 0. The minimum Gasteiger partial charge on any atom is -0.465 e. The number of nitro benzene ring substituents is 2. The van der Waals surface area contributed by atoms with E-state index in [2.05, 4.69) is 8.37 Å². The summed E-state index contributed by atoms with van der Waals surface area (Å²) < 4.78 is 217. The van der Waals surface area contributed by atoms with Gasteiger partial charge in [0.05, 0.1) is 33.6 Å². The molecule has 62 heavy (non-hydrogen) atoms. The van der Waals surface area contributed by atoms with Crippen molar-refractivity contribution in [2.24, 2.45) is 0 Å². The number of halogens is 10. The van der Waals surface area contributed by atoms with E-state index < -0.39 is 155 Å². The van der Waals surface area contributed by atoms with E-state index in [1.54, 1.807) is 0 Å². The Balaban J connectivity index is 1.56. The number of benzene rings is 5. The predicted molar refractivity (Wildman–Crippen MR) is 183 cm³/mol. The van der Waals surface area contributed by atoms with Crippen molar-refractivity contribution in [3.05, 3.63) is 150 Å². The SMILES string of the molecule is COC(=O)c1ccccc1C1c2cc(F)c(OS(=O)(=O)c3ccc(C(F)(F)F)cc3[N+](=O)[O-])c(F)c2Oc2c1cc(F)c(S(=O)(=O)Oc1ccc(C(F)(F)F)cc1[N+](=O)[O-])c2F. The average molecular weight is 927 g/mol. The molecule has 5 aromatic rings. The van der Waals surface area contributed by atoms with E-state index in [1.165, 1.54) is 12.1 Å². The van der Waals surface area contributed by atoms with E-state index >= 15 is 17.6 Å². The van der Waals surface area contributed by atoms with Gasteiger partial charge in [0.25, 0.3) is 5.69 Å². The zero-order valence-corrected chi connectivity index (χ0v) is 31.4. The maximum absolute atomic E-state index is 16.6. The Bertz CT molecular complexity index is 2980. The fourth-order valence-electron chi connectivity index (χ4n) is 6.06. The molecule has 5 aromatic carbocycles. The molecule has 0 spiro atoms. The van der Waals surface area contributed by atoms with Gasteiger partial charge in [0.15, 0.2) is 32.9 Å². The zero-order chi connectivity index (χ0) is 46.0. The third kappa shape index (κ3) is 7.97. The van der Waals surface area contributed by atoms with Crippen LogP contribution < -0.4 is 13.1 Å². The van der Waals surface area contributed by atoms with Crippen molar-refractivity contribution in [2.75, 3.05) is 7.11 Å². The van der Waals surface area contributed by atoms with Crippen LogP contribution in [-0.4, -0.2) is 39.8 Å². The number of nitro groups is 2. The number of hydrogen-bond acceptors (Lipinski definition) is 13. The van der Waals surface area contributed by atoms with Crippen LogP contribution >= 0.6 is 0 Å². The minimum absolute atomic E-state index is 0.0320. The van der Waals surface area contributed by atoms with Crippen LogP contribution in [0.4, 0.5) is 55.3 Å². The fraction of sp³-hybridized carbons (Fsp3) is 0.114. The van der Waals surface area contributed by atoms with Crippen molar-refractivity contribution in [1.29, 1.82) is 0 Å². The normalized spacial score (nSPS) is 14.0. The summed E-state index contributed by atoms with van der Waals surface area (Å²) in [6.45, 7) is 0. The lowest BCUT2D eigenvalue weighted by molar-refractivity contribution is -0.388. The molecule has 6 rings (SSSR count). The number of carbonyl (C=O) groups is 1. The highest BCUT2D eigenvalue weighted by Gasteiger charge is 2.43. The van der Waals surface area contributed by atoms with Gasteiger partial charge < -0.3 is 17.8 Å². The largest absolute Gasteiger partial charge is 0.465 e. The van der Waals surface area contributed by atoms with Crippen molar-refractivity contribution in [1.82, 2.24) is 0 Å². The molecule has 1 aliphatic heterocycles. The monoisotopic (exact) mass is 926 g/mol. The summed E-state index contributed by atoms with van der Waals surface area (Å²) >= 11 is 0. The quantitative estimate of drug-likeness (QED) is 0.0414. The van der Waals surface area contributed by atoms with Gasteiger partial charge >= 0.3 is 44.2 Å². The standard InChI is InChI=1S/C35H16F10N2O13S2/c1-57-33(48)17-5-3-2-4-16(17)26-18-12-20(36)31(60-61(53,54)25-9-7-15(35(43,44)45)11-23(25)47(51)52)27(38)29(18)58-30-19(26)13-21(37)32(28(30)39)62(55,56)59-24-8-6-14(34(40,41)42)10-22(24)46(49)50/h2-13,26H,1H3. The molecule has 0 fully saturated rings. The molecular weight excluding hydrogens is 911 g/mol. The summed E-state index contributed by atoms with van der Waals surface area (Å²) in [5.41, 5.74) is -9.40. The van der Waals surface area contributed by atoms with Crippen LogP contribution in [0.1, 0.15) is 44.1 Å². The van der Waals surface area contributed by atoms with E-state index in [0.29, 0.717) is 0 Å². The predicted octanol–water partition coefficient (Wildman–Crippen LogP) is 8.70. The van der Waals surface area contributed by atoms with Gasteiger partial charge in [-0.25, -0.2) is 18.0 Å². The van der Waals surface area contributed by atoms with Crippen molar-refractivity contribution < 1.29 is 93.2 Å². The second-order valence-electron chi connectivity index (χ2n) is 12.4. The number of esters is 1. The van der Waals surface area contributed by atoms with Crippen LogP contribution in [0.15, 0.2) is 82.6 Å². The topological polar surface area (TPSA) is 209 Å². The van der Waals surface area contributed by atoms with Gasteiger partial charge in [-0.15, -0.1) is 0 Å². The van der Waals surface area contributed by atoms with Crippen molar-refractivity contribution >= 4 is 37.6 Å². The Kier molecular flexibility index (Phi) is 11.1. The molecule has 0 N–H and O–H groups in total. The van der Waals surface area contributed by atoms with E-state index in [9.17, 15) is 68.2 Å². The summed E-state index contributed by atoms with van der Waals surface area (Å²) in [4.78, 5) is 29.0. The Hall–Kier alpha value is -7.03. The second-order valence-corrected chi connectivity index (χ2v) is 15.4. The van der Waals surface area contributed by atoms with Crippen LogP contribution in [0.25, 0.3) is 0 Å². The Morgan fingerprint density at radius 2 is 1.21 bits per heavy atom. The van der Waals surface area contributed by atoms with Gasteiger partial charge in [-0.05, 0) is 48.0 Å². The molecular formula is C35H16F10N2O13S2. The number of ether oxygens (including phenoxy) is 2. The molecule has 1 atom stereocenters. The first kappa shape index (κ1) is 44.5. The summed E-state index contributed by atoms with van der Waals surface area (Å²) in [7, 11) is -11.1. The van der Waals surface area contributed by atoms with E-state index in [-0.39, 0.29) is 48.5 Å². The average Bonchev–Trinajstić information content (AvgIpc) is 3.17. The molecule has 27 heteroatoms. The van der Waals surface area contributed by atoms with Gasteiger partial charge in [-0.3, -0.25) is 20.2 Å². The van der Waals surface area contributed by atoms with Crippen molar-refractivity contribution in [3.63, 3.8) is 0 Å². The van der Waals surface area contributed by atoms with Crippen molar-refractivity contribution in [2.45, 2.75) is 28.1 Å². The number of carbonyl (C=O) groups excluding carboxylic acids is 1. The first-order chi connectivity index (χ1) is 28.7. The highest BCUT2D eigenvalue weighted by Crippen LogP contribution is 2.54. The summed E-state index contributed by atoms with van der Waals surface area (Å²) in [5.74, 6) is -18.5. The Labute approximate surface area is 338 Å². The van der Waals surface area contributed by atoms with Crippen LogP contribution in [0.5, 0.6) is 23.0 Å². The second kappa shape index (κ2) is 15.5. The molecule has 0 aliphatic carbocycles. The molecule has 15 nitrogen and oxygen atoms in total. The van der Waals surface area contributed by atoms with E-state index in [4.69, 9.17) is 9.47 Å². The maximum Gasteiger partial charge on any atom is 0.416 e. The molecule has 0 saturated carbocycles. The number of alkyl halides is 6. The van der Waals surface area contributed by atoms with E-state index in [0.717, 1.165) is 19.2 Å². The van der Waals surface area contributed by atoms with Gasteiger partial charge in [-0.1, -0.05) is 18.2 Å². The first-order valence-electron chi connectivity index (χ1n) is 16.2. The third-order valence-electron chi connectivity index (χ3n) is 8.70. The zero-order valence-electron chi connectivity index (χ0n) is 29.8. The molecule has 326 valence electrons. The number of nitrogens with zero attached hydrogens (tertiary/aromatic N) is 2. The highest BCUT2D eigenvalue weighted by atomic mass is 32.2. The highest BCUT2D eigenvalue weighted by molar-refractivity contribution is 7.87. The molecule has 1 heterocycles. The van der Waals surface area contributed by atoms with Crippen LogP contribution in [0.2, 0.25) is 0 Å². The molecule has 0 aromatic heterocycles. The lowest BCUT2D eigenvalue weighted by Crippen LogP contribution is -2.22. The number of rotatable bonds is 10. The Morgan fingerprint density at radius 3 is 1.77 bits per heavy atom. The van der Waals surface area contributed by atoms with E-state index in [1.807, 2.05) is 0 Å². The number of fused-ring (bicyclic) bond motifs is 2. The molecule has 1 unspecified atom stereocenters. The molecule has 1 aliphatic rings. The van der Waals surface area contributed by atoms with Crippen molar-refractivity contribution in [3.8, 4) is 23.0 Å². The van der Waals surface area contributed by atoms with Crippen LogP contribution in [0, 0.1) is 43.5 Å². The van der Waals surface area contributed by atoms with Gasteiger partial charge in [0.1, 0.15) is 5.82 Å². The summed E-state index contributed by atoms with van der Waals surface area (Å²) in [6, 6.07) is 4.91.